The molecule has 0 saturated heterocycles. The summed E-state index contributed by atoms with van der Waals surface area (Å²) >= 11 is 3.41. The molecule has 7 nitrogen and oxygen atoms in total. The van der Waals surface area contributed by atoms with E-state index in [1.807, 2.05) is 44.2 Å². The molecule has 1 unspecified atom stereocenters. The van der Waals surface area contributed by atoms with Crippen molar-refractivity contribution in [3.05, 3.63) is 62.9 Å². The molecule has 2 aromatic heterocycles. The lowest BCUT2D eigenvalue weighted by Gasteiger charge is -2.36. The monoisotopic (exact) mass is 524 g/mol. The largest absolute Gasteiger partial charge is 0.460 e. The van der Waals surface area contributed by atoms with Gasteiger partial charge in [0.2, 0.25) is 0 Å². The maximum atomic E-state index is 13.6. The van der Waals surface area contributed by atoms with Gasteiger partial charge in [0.25, 0.3) is 5.56 Å². The lowest BCUT2D eigenvalue weighted by Crippen LogP contribution is -2.46. The van der Waals surface area contributed by atoms with Crippen molar-refractivity contribution >= 4 is 38.6 Å². The number of hydrogen-bond donors (Lipinski definition) is 1. The number of nitrogens with zero attached hydrogens (tertiary/aromatic N) is 2. The summed E-state index contributed by atoms with van der Waals surface area (Å²) in [5, 5.41) is 11.0. The number of halogens is 1. The van der Waals surface area contributed by atoms with Crippen LogP contribution >= 0.6 is 15.9 Å². The van der Waals surface area contributed by atoms with Crippen LogP contribution in [0.15, 0.2) is 35.1 Å². The summed E-state index contributed by atoms with van der Waals surface area (Å²) in [6, 6.07) is 9.41. The smallest absolute Gasteiger partial charge is 0.317 e. The molecular weight excluding hydrogens is 500 g/mol. The number of para-hydroxylation sites is 1. The minimum absolute atomic E-state index is 0.0398. The molecule has 34 heavy (non-hydrogen) atoms. The molecule has 0 radical (unpaired) electrons. The van der Waals surface area contributed by atoms with Crippen molar-refractivity contribution in [1.29, 1.82) is 0 Å². The fourth-order valence-corrected chi connectivity index (χ4v) is 5.46. The van der Waals surface area contributed by atoms with E-state index < -0.39 is 11.4 Å². The van der Waals surface area contributed by atoms with E-state index >= 15 is 0 Å². The number of rotatable bonds is 6. The maximum absolute atomic E-state index is 13.6. The predicted octanol–water partition coefficient (Wildman–Crippen LogP) is 3.75. The fourth-order valence-electron chi connectivity index (χ4n) is 5.30. The highest BCUT2D eigenvalue weighted by atomic mass is 79.9. The lowest BCUT2D eigenvalue weighted by atomic mass is 9.71. The molecule has 0 saturated carbocycles. The molecule has 5 rings (SSSR count). The van der Waals surface area contributed by atoms with Crippen molar-refractivity contribution in [2.45, 2.75) is 63.1 Å². The Morgan fingerprint density at radius 3 is 2.74 bits per heavy atom. The number of pyridine rings is 2. The summed E-state index contributed by atoms with van der Waals surface area (Å²) in [7, 11) is 0. The number of aliphatic hydroxyl groups is 1. The standard InChI is InChI=1S/C26H25BrN2O5/c1-3-19(27)22(31)10-26(4-2)18-9-21-23-15(11-29(21)24(32)17(18)13-34-25(26)33)16(12-30)14-7-5-6-8-20(14)28-23/h5-9,19,30H,3-4,10-13H2,1-2H3/t19?,26-/m0/s1. The van der Waals surface area contributed by atoms with Crippen LogP contribution in [0.2, 0.25) is 0 Å². The quantitative estimate of drug-likeness (QED) is 0.304. The zero-order chi connectivity index (χ0) is 24.2. The zero-order valence-corrected chi connectivity index (χ0v) is 20.6. The van der Waals surface area contributed by atoms with Gasteiger partial charge in [0.05, 0.1) is 40.4 Å². The number of hydrogen-bond acceptors (Lipinski definition) is 6. The summed E-state index contributed by atoms with van der Waals surface area (Å²) in [6.07, 6.45) is 0.889. The number of carbonyl (C=O) groups excluding carboxylic acids is 2. The van der Waals surface area contributed by atoms with Crippen LogP contribution in [0.3, 0.4) is 0 Å². The third-order valence-electron chi connectivity index (χ3n) is 7.27. The van der Waals surface area contributed by atoms with Gasteiger partial charge in [-0.15, -0.1) is 0 Å². The second-order valence-electron chi connectivity index (χ2n) is 8.94. The SMILES string of the molecule is CCC(Br)C(=O)C[C@]1(CC)C(=O)OCc2c1cc1n(c2=O)Cc2c-1nc1ccccc1c2CO. The van der Waals surface area contributed by atoms with Gasteiger partial charge in [-0.05, 0) is 36.1 Å². The van der Waals surface area contributed by atoms with Gasteiger partial charge in [0, 0.05) is 17.4 Å². The molecule has 0 spiro atoms. The summed E-state index contributed by atoms with van der Waals surface area (Å²) in [5.41, 5.74) is 3.00. The topological polar surface area (TPSA) is 98.5 Å². The Kier molecular flexibility index (Phi) is 5.68. The van der Waals surface area contributed by atoms with E-state index in [1.165, 1.54) is 0 Å². The number of Topliss-reactive ketones (excluding diaryl/α,β-unsaturated/α-hetero) is 1. The third kappa shape index (κ3) is 3.19. The summed E-state index contributed by atoms with van der Waals surface area (Å²) in [5.74, 6) is -0.571. The molecule has 0 bridgehead atoms. The van der Waals surface area contributed by atoms with E-state index in [0.717, 1.165) is 22.0 Å². The van der Waals surface area contributed by atoms with Gasteiger partial charge in [0.1, 0.15) is 17.8 Å². The van der Waals surface area contributed by atoms with E-state index in [1.54, 1.807) is 4.57 Å². The first-order chi connectivity index (χ1) is 16.4. The van der Waals surface area contributed by atoms with Crippen LogP contribution in [0.4, 0.5) is 0 Å². The molecule has 2 atom stereocenters. The second-order valence-corrected chi connectivity index (χ2v) is 10.0. The van der Waals surface area contributed by atoms with Gasteiger partial charge in [-0.25, -0.2) is 4.98 Å². The van der Waals surface area contributed by atoms with Gasteiger partial charge >= 0.3 is 5.97 Å². The van der Waals surface area contributed by atoms with E-state index in [9.17, 15) is 19.5 Å². The highest BCUT2D eigenvalue weighted by Crippen LogP contribution is 2.43. The molecule has 1 aromatic carbocycles. The number of ether oxygens (including phenoxy) is 1. The zero-order valence-electron chi connectivity index (χ0n) is 19.1. The van der Waals surface area contributed by atoms with Crippen molar-refractivity contribution in [3.63, 3.8) is 0 Å². The van der Waals surface area contributed by atoms with Crippen molar-refractivity contribution < 1.29 is 19.4 Å². The Labute approximate surface area is 204 Å². The molecule has 1 N–H and O–H groups in total. The number of fused-ring (bicyclic) bond motifs is 5. The molecule has 3 aromatic rings. The van der Waals surface area contributed by atoms with Crippen LogP contribution in [0.25, 0.3) is 22.3 Å². The van der Waals surface area contributed by atoms with Crippen molar-refractivity contribution in [3.8, 4) is 11.4 Å². The molecule has 0 amide bonds. The van der Waals surface area contributed by atoms with Gasteiger partial charge in [0.15, 0.2) is 0 Å². The fraction of sp³-hybridized carbons (Fsp3) is 0.385. The minimum Gasteiger partial charge on any atom is -0.460 e. The number of cyclic esters (lactones) is 1. The number of ketones is 1. The van der Waals surface area contributed by atoms with E-state index in [4.69, 9.17) is 9.72 Å². The van der Waals surface area contributed by atoms with Gasteiger partial charge < -0.3 is 14.4 Å². The van der Waals surface area contributed by atoms with Crippen molar-refractivity contribution in [2.75, 3.05) is 0 Å². The van der Waals surface area contributed by atoms with Crippen LogP contribution < -0.4 is 5.56 Å². The van der Waals surface area contributed by atoms with E-state index in [2.05, 4.69) is 15.9 Å². The normalized spacial score (nSPS) is 19.4. The van der Waals surface area contributed by atoms with Crippen molar-refractivity contribution in [1.82, 2.24) is 9.55 Å². The van der Waals surface area contributed by atoms with Crippen LogP contribution in [0, 0.1) is 0 Å². The molecule has 0 aliphatic carbocycles. The molecule has 8 heteroatoms. The number of esters is 1. The number of carbonyl (C=O) groups is 2. The number of aliphatic hydroxyl groups excluding tert-OH is 1. The Morgan fingerprint density at radius 1 is 1.26 bits per heavy atom. The Hall–Kier alpha value is -2.84. The molecule has 4 heterocycles. The molecule has 2 aliphatic heterocycles. The Morgan fingerprint density at radius 2 is 2.03 bits per heavy atom. The molecular formula is C26H25BrN2O5. The number of alkyl halides is 1. The first kappa shape index (κ1) is 22.9. The minimum atomic E-state index is -1.22. The lowest BCUT2D eigenvalue weighted by molar-refractivity contribution is -0.156. The molecule has 0 fully saturated rings. The highest BCUT2D eigenvalue weighted by molar-refractivity contribution is 9.10. The van der Waals surface area contributed by atoms with Gasteiger partial charge in [-0.1, -0.05) is 48.0 Å². The first-order valence-electron chi connectivity index (χ1n) is 11.5. The second kappa shape index (κ2) is 8.43. The summed E-state index contributed by atoms with van der Waals surface area (Å²) < 4.78 is 7.11. The van der Waals surface area contributed by atoms with Gasteiger partial charge in [-0.3, -0.25) is 14.4 Å². The third-order valence-corrected chi connectivity index (χ3v) is 8.43. The average molecular weight is 525 g/mol. The summed E-state index contributed by atoms with van der Waals surface area (Å²) in [4.78, 5) is 44.2. The molecule has 2 aliphatic rings. The number of benzene rings is 1. The van der Waals surface area contributed by atoms with Gasteiger partial charge in [-0.2, -0.15) is 0 Å². The predicted molar refractivity (Wildman–Crippen MR) is 131 cm³/mol. The van der Waals surface area contributed by atoms with Crippen LogP contribution in [-0.2, 0) is 39.5 Å². The van der Waals surface area contributed by atoms with E-state index in [0.29, 0.717) is 35.4 Å². The average Bonchev–Trinajstić information content (AvgIpc) is 3.22. The Balaban J connectivity index is 1.76. The maximum Gasteiger partial charge on any atom is 0.317 e. The van der Waals surface area contributed by atoms with Crippen molar-refractivity contribution in [2.24, 2.45) is 0 Å². The van der Waals surface area contributed by atoms with E-state index in [-0.39, 0.29) is 42.3 Å². The first-order valence-corrected chi connectivity index (χ1v) is 12.4. The Bertz CT molecular complexity index is 1410. The van der Waals surface area contributed by atoms with Crippen LogP contribution in [0.1, 0.15) is 55.4 Å². The highest BCUT2D eigenvalue weighted by Gasteiger charge is 2.48. The van der Waals surface area contributed by atoms with Crippen LogP contribution in [0.5, 0.6) is 0 Å². The molecule has 176 valence electrons. The van der Waals surface area contributed by atoms with Crippen LogP contribution in [-0.4, -0.2) is 31.2 Å². The summed E-state index contributed by atoms with van der Waals surface area (Å²) in [6.45, 7) is 3.73. The number of aromatic nitrogens is 2.